The van der Waals surface area contributed by atoms with E-state index in [0.29, 0.717) is 17.1 Å². The minimum atomic E-state index is -3.63. The van der Waals surface area contributed by atoms with E-state index < -0.39 is 10.0 Å². The minimum absolute atomic E-state index is 0.0999. The van der Waals surface area contributed by atoms with Gasteiger partial charge in [0.25, 0.3) is 5.91 Å². The van der Waals surface area contributed by atoms with Crippen LogP contribution in [0.2, 0.25) is 5.02 Å². The Bertz CT molecular complexity index is 849. The molecule has 2 rings (SSSR count). The van der Waals surface area contributed by atoms with Gasteiger partial charge in [0.15, 0.2) is 0 Å². The molecule has 0 aliphatic heterocycles. The number of hydrogen-bond acceptors (Lipinski definition) is 3. The zero-order valence-electron chi connectivity index (χ0n) is 14.4. The van der Waals surface area contributed by atoms with Crippen molar-refractivity contribution in [3.8, 4) is 0 Å². The largest absolute Gasteiger partial charge is 0.348 e. The van der Waals surface area contributed by atoms with Crippen LogP contribution in [0.5, 0.6) is 0 Å². The normalized spacial score (nSPS) is 11.8. The number of halogens is 1. The van der Waals surface area contributed by atoms with Gasteiger partial charge in [-0.15, -0.1) is 0 Å². The van der Waals surface area contributed by atoms with Gasteiger partial charge in [0.05, 0.1) is 4.90 Å². The van der Waals surface area contributed by atoms with Gasteiger partial charge in [-0.1, -0.05) is 29.8 Å². The molecule has 0 aliphatic carbocycles. The smallest absolute Gasteiger partial charge is 0.251 e. The molecule has 7 heteroatoms. The Labute approximate surface area is 153 Å². The van der Waals surface area contributed by atoms with Gasteiger partial charge < -0.3 is 5.32 Å². The van der Waals surface area contributed by atoms with Crippen LogP contribution in [0.3, 0.4) is 0 Å². The van der Waals surface area contributed by atoms with Crippen molar-refractivity contribution in [2.45, 2.75) is 31.3 Å². The van der Waals surface area contributed by atoms with E-state index in [4.69, 9.17) is 11.6 Å². The maximum absolute atomic E-state index is 12.5. The molecule has 134 valence electrons. The number of benzene rings is 2. The highest BCUT2D eigenvalue weighted by atomic mass is 35.5. The lowest BCUT2D eigenvalue weighted by Gasteiger charge is -2.21. The van der Waals surface area contributed by atoms with Crippen molar-refractivity contribution in [3.63, 3.8) is 0 Å². The Hall–Kier alpha value is -1.89. The van der Waals surface area contributed by atoms with Gasteiger partial charge in [-0.3, -0.25) is 4.79 Å². The lowest BCUT2D eigenvalue weighted by atomic mass is 10.2. The van der Waals surface area contributed by atoms with Crippen LogP contribution in [0.25, 0.3) is 0 Å². The van der Waals surface area contributed by atoms with Crippen LogP contribution in [-0.2, 0) is 16.6 Å². The number of nitrogens with one attached hydrogen (secondary N) is 1. The third-order valence-corrected chi connectivity index (χ3v) is 6.15. The fraction of sp³-hybridized carbons (Fsp3) is 0.278. The second-order valence-electron chi connectivity index (χ2n) is 5.95. The number of rotatable bonds is 6. The molecule has 0 aliphatic rings. The van der Waals surface area contributed by atoms with Gasteiger partial charge in [0, 0.05) is 30.2 Å². The van der Waals surface area contributed by atoms with E-state index in [0.717, 1.165) is 5.56 Å². The molecule has 0 fully saturated rings. The molecule has 25 heavy (non-hydrogen) atoms. The fourth-order valence-corrected chi connectivity index (χ4v) is 3.67. The first-order chi connectivity index (χ1) is 11.7. The lowest BCUT2D eigenvalue weighted by molar-refractivity contribution is 0.0950. The molecule has 0 saturated heterocycles. The molecule has 0 aromatic heterocycles. The van der Waals surface area contributed by atoms with Crippen LogP contribution in [0.15, 0.2) is 53.4 Å². The van der Waals surface area contributed by atoms with Crippen LogP contribution in [-0.4, -0.2) is 31.7 Å². The summed E-state index contributed by atoms with van der Waals surface area (Å²) in [6.07, 6.45) is 0. The van der Waals surface area contributed by atoms with Crippen molar-refractivity contribution in [3.05, 3.63) is 64.7 Å². The molecule has 0 heterocycles. The molecule has 2 aromatic carbocycles. The number of carbonyl (C=O) groups is 1. The fourth-order valence-electron chi connectivity index (χ4n) is 2.13. The van der Waals surface area contributed by atoms with Crippen LogP contribution in [0.1, 0.15) is 29.8 Å². The van der Waals surface area contributed by atoms with E-state index >= 15 is 0 Å². The average Bonchev–Trinajstić information content (AvgIpc) is 2.60. The quantitative estimate of drug-likeness (QED) is 0.836. The molecule has 1 amide bonds. The predicted molar refractivity (Wildman–Crippen MR) is 99.1 cm³/mol. The number of sulfonamides is 1. The number of hydrogen-bond donors (Lipinski definition) is 1. The highest BCUT2D eigenvalue weighted by Gasteiger charge is 2.23. The van der Waals surface area contributed by atoms with E-state index in [1.54, 1.807) is 38.1 Å². The summed E-state index contributed by atoms with van der Waals surface area (Å²) >= 11 is 5.83. The van der Waals surface area contributed by atoms with Gasteiger partial charge in [-0.25, -0.2) is 8.42 Å². The standard InChI is InChI=1S/C18H21ClN2O3S/c1-13(2)21(3)25(23,24)17-6-4-5-15(11-17)18(22)20-12-14-7-9-16(19)10-8-14/h4-11,13H,12H2,1-3H3,(H,20,22). The summed E-state index contributed by atoms with van der Waals surface area (Å²) < 4.78 is 26.4. The van der Waals surface area contributed by atoms with Crippen molar-refractivity contribution in [2.24, 2.45) is 0 Å². The first-order valence-electron chi connectivity index (χ1n) is 7.82. The Balaban J connectivity index is 2.15. The van der Waals surface area contributed by atoms with Crippen LogP contribution >= 0.6 is 11.6 Å². The lowest BCUT2D eigenvalue weighted by Crippen LogP contribution is -2.33. The summed E-state index contributed by atoms with van der Waals surface area (Å²) in [6.45, 7) is 3.92. The topological polar surface area (TPSA) is 66.5 Å². The molecular formula is C18H21ClN2O3S. The summed E-state index contributed by atoms with van der Waals surface area (Å²) in [6, 6.07) is 13.0. The van der Waals surface area contributed by atoms with Crippen molar-refractivity contribution >= 4 is 27.5 Å². The molecule has 0 bridgehead atoms. The highest BCUT2D eigenvalue weighted by Crippen LogP contribution is 2.18. The molecule has 1 N–H and O–H groups in total. The molecule has 5 nitrogen and oxygen atoms in total. The number of carbonyl (C=O) groups excluding carboxylic acids is 1. The maximum Gasteiger partial charge on any atom is 0.251 e. The Morgan fingerprint density at radius 1 is 1.16 bits per heavy atom. The highest BCUT2D eigenvalue weighted by molar-refractivity contribution is 7.89. The van der Waals surface area contributed by atoms with Gasteiger partial charge in [0.2, 0.25) is 10.0 Å². The second-order valence-corrected chi connectivity index (χ2v) is 8.39. The summed E-state index contributed by atoms with van der Waals surface area (Å²) in [5.74, 6) is -0.334. The van der Waals surface area contributed by atoms with E-state index in [1.807, 2.05) is 12.1 Å². The van der Waals surface area contributed by atoms with Gasteiger partial charge in [-0.05, 0) is 49.7 Å². The third kappa shape index (κ3) is 4.81. The van der Waals surface area contributed by atoms with E-state index in [1.165, 1.54) is 23.5 Å². The van der Waals surface area contributed by atoms with Gasteiger partial charge >= 0.3 is 0 Å². The molecule has 0 atom stereocenters. The maximum atomic E-state index is 12.5. The molecule has 0 spiro atoms. The number of amides is 1. The van der Waals surface area contributed by atoms with E-state index in [9.17, 15) is 13.2 Å². The van der Waals surface area contributed by atoms with Crippen molar-refractivity contribution in [1.29, 1.82) is 0 Å². The van der Waals surface area contributed by atoms with Gasteiger partial charge in [0.1, 0.15) is 0 Å². The minimum Gasteiger partial charge on any atom is -0.348 e. The van der Waals surface area contributed by atoms with Crippen molar-refractivity contribution < 1.29 is 13.2 Å². The Morgan fingerprint density at radius 2 is 1.80 bits per heavy atom. The second kappa shape index (κ2) is 7.99. The first kappa shape index (κ1) is 19.4. The Kier molecular flexibility index (Phi) is 6.21. The van der Waals surface area contributed by atoms with Crippen LogP contribution in [0.4, 0.5) is 0 Å². The summed E-state index contributed by atoms with van der Waals surface area (Å²) in [4.78, 5) is 12.4. The zero-order chi connectivity index (χ0) is 18.6. The summed E-state index contributed by atoms with van der Waals surface area (Å²) in [7, 11) is -2.11. The zero-order valence-corrected chi connectivity index (χ0v) is 15.9. The first-order valence-corrected chi connectivity index (χ1v) is 9.64. The van der Waals surface area contributed by atoms with Crippen LogP contribution < -0.4 is 5.32 Å². The third-order valence-electron chi connectivity index (χ3n) is 3.87. The predicted octanol–water partition coefficient (Wildman–Crippen LogP) is 3.30. The number of nitrogens with zero attached hydrogens (tertiary/aromatic N) is 1. The molecular weight excluding hydrogens is 360 g/mol. The SMILES string of the molecule is CC(C)N(C)S(=O)(=O)c1cccc(C(=O)NCc2ccc(Cl)cc2)c1. The van der Waals surface area contributed by atoms with Crippen molar-refractivity contribution in [2.75, 3.05) is 7.05 Å². The van der Waals surface area contributed by atoms with Crippen LogP contribution in [0, 0.1) is 0 Å². The molecule has 0 unspecified atom stereocenters. The average molecular weight is 381 g/mol. The van der Waals surface area contributed by atoms with E-state index in [-0.39, 0.29) is 16.8 Å². The van der Waals surface area contributed by atoms with Gasteiger partial charge in [-0.2, -0.15) is 4.31 Å². The molecule has 0 radical (unpaired) electrons. The monoisotopic (exact) mass is 380 g/mol. The van der Waals surface area contributed by atoms with Crippen molar-refractivity contribution in [1.82, 2.24) is 9.62 Å². The van der Waals surface area contributed by atoms with E-state index in [2.05, 4.69) is 5.32 Å². The molecule has 2 aromatic rings. The Morgan fingerprint density at radius 3 is 2.40 bits per heavy atom. The summed E-state index contributed by atoms with van der Waals surface area (Å²) in [5, 5.41) is 3.40. The summed E-state index contributed by atoms with van der Waals surface area (Å²) in [5.41, 5.74) is 1.20. The molecule has 0 saturated carbocycles.